The Bertz CT molecular complexity index is 668. The highest BCUT2D eigenvalue weighted by Crippen LogP contribution is 2.28. The van der Waals surface area contributed by atoms with Gasteiger partial charge in [0.1, 0.15) is 5.70 Å². The summed E-state index contributed by atoms with van der Waals surface area (Å²) in [5.41, 5.74) is 0.954. The maximum atomic E-state index is 12.0. The second kappa shape index (κ2) is 8.33. The normalized spacial score (nSPS) is 10.7. The van der Waals surface area contributed by atoms with Gasteiger partial charge in [0.15, 0.2) is 0 Å². The van der Waals surface area contributed by atoms with E-state index < -0.39 is 17.9 Å². The molecule has 8 heteroatoms. The molecule has 0 unspecified atom stereocenters. The molecular formula is C15H16BrNO6. The fraction of sp³-hybridized carbons (Fsp3) is 0.267. The van der Waals surface area contributed by atoms with Crippen LogP contribution < -0.4 is 5.32 Å². The second-order valence-electron chi connectivity index (χ2n) is 4.28. The molecule has 124 valence electrons. The summed E-state index contributed by atoms with van der Waals surface area (Å²) in [6, 6.07) is 3.26. The van der Waals surface area contributed by atoms with Gasteiger partial charge < -0.3 is 19.5 Å². The number of hydrogen-bond donors (Lipinski definition) is 1. The largest absolute Gasteiger partial charge is 0.466 e. The van der Waals surface area contributed by atoms with Crippen LogP contribution in [0, 0.1) is 6.92 Å². The highest BCUT2D eigenvalue weighted by Gasteiger charge is 2.20. The maximum Gasteiger partial charge on any atom is 0.354 e. The summed E-state index contributed by atoms with van der Waals surface area (Å²) >= 11 is 3.32. The molecule has 0 atom stereocenters. The Labute approximate surface area is 141 Å². The Morgan fingerprint density at radius 2 is 1.74 bits per heavy atom. The molecule has 0 aliphatic carbocycles. The van der Waals surface area contributed by atoms with E-state index in [1.807, 2.05) is 0 Å². The molecule has 1 aromatic carbocycles. The van der Waals surface area contributed by atoms with E-state index in [1.165, 1.54) is 21.3 Å². The summed E-state index contributed by atoms with van der Waals surface area (Å²) in [4.78, 5) is 35.2. The quantitative estimate of drug-likeness (QED) is 0.471. The fourth-order valence-electron chi connectivity index (χ4n) is 1.73. The van der Waals surface area contributed by atoms with Crippen molar-refractivity contribution in [3.8, 4) is 0 Å². The van der Waals surface area contributed by atoms with E-state index in [-0.39, 0.29) is 16.9 Å². The van der Waals surface area contributed by atoms with Crippen LogP contribution in [0.15, 0.2) is 28.4 Å². The summed E-state index contributed by atoms with van der Waals surface area (Å²) in [6.45, 7) is 1.71. The van der Waals surface area contributed by atoms with Crippen molar-refractivity contribution in [2.75, 3.05) is 26.6 Å². The van der Waals surface area contributed by atoms with Gasteiger partial charge in [-0.15, -0.1) is 0 Å². The zero-order chi connectivity index (χ0) is 17.6. The number of carbonyl (C=O) groups excluding carboxylic acids is 3. The van der Waals surface area contributed by atoms with Gasteiger partial charge in [0, 0.05) is 4.47 Å². The van der Waals surface area contributed by atoms with E-state index in [4.69, 9.17) is 4.74 Å². The molecule has 1 rings (SSSR count). The van der Waals surface area contributed by atoms with Crippen molar-refractivity contribution in [2.45, 2.75) is 6.92 Å². The lowest BCUT2D eigenvalue weighted by Gasteiger charge is -2.15. The summed E-state index contributed by atoms with van der Waals surface area (Å²) in [5, 5.41) is 2.71. The summed E-state index contributed by atoms with van der Waals surface area (Å²) in [7, 11) is 3.60. The monoisotopic (exact) mass is 385 g/mol. The first-order chi connectivity index (χ1) is 10.8. The second-order valence-corrected chi connectivity index (χ2v) is 5.14. The third-order valence-corrected chi connectivity index (χ3v) is 3.79. The molecule has 7 nitrogen and oxygen atoms in total. The van der Waals surface area contributed by atoms with Crippen LogP contribution in [0.1, 0.15) is 15.9 Å². The predicted molar refractivity (Wildman–Crippen MR) is 86.0 cm³/mol. The van der Waals surface area contributed by atoms with Crippen molar-refractivity contribution in [2.24, 2.45) is 0 Å². The first kappa shape index (κ1) is 18.7. The summed E-state index contributed by atoms with van der Waals surface area (Å²) < 4.78 is 14.6. The van der Waals surface area contributed by atoms with E-state index in [2.05, 4.69) is 30.7 Å². The first-order valence-electron chi connectivity index (χ1n) is 6.38. The van der Waals surface area contributed by atoms with Crippen LogP contribution in [0.5, 0.6) is 0 Å². The molecule has 23 heavy (non-hydrogen) atoms. The first-order valence-corrected chi connectivity index (χ1v) is 7.17. The van der Waals surface area contributed by atoms with Crippen LogP contribution in [0.4, 0.5) is 5.69 Å². The van der Waals surface area contributed by atoms with Crippen molar-refractivity contribution in [3.05, 3.63) is 39.5 Å². The zero-order valence-electron chi connectivity index (χ0n) is 13.1. The van der Waals surface area contributed by atoms with Crippen molar-refractivity contribution < 1.29 is 28.6 Å². The van der Waals surface area contributed by atoms with Crippen molar-refractivity contribution in [3.63, 3.8) is 0 Å². The molecule has 0 fully saturated rings. The van der Waals surface area contributed by atoms with E-state index in [9.17, 15) is 14.4 Å². The van der Waals surface area contributed by atoms with Gasteiger partial charge in [0.25, 0.3) is 0 Å². The lowest BCUT2D eigenvalue weighted by Crippen LogP contribution is -2.18. The molecule has 0 saturated heterocycles. The summed E-state index contributed by atoms with van der Waals surface area (Å²) in [6.07, 6.45) is 0.935. The van der Waals surface area contributed by atoms with Crippen molar-refractivity contribution in [1.82, 2.24) is 0 Å². The average Bonchev–Trinajstić information content (AvgIpc) is 2.55. The van der Waals surface area contributed by atoms with Crippen molar-refractivity contribution in [1.29, 1.82) is 0 Å². The predicted octanol–water partition coefficient (Wildman–Crippen LogP) is 2.19. The van der Waals surface area contributed by atoms with Crippen LogP contribution in [-0.2, 0) is 23.8 Å². The number of carbonyl (C=O) groups is 3. The molecule has 0 radical (unpaired) electrons. The van der Waals surface area contributed by atoms with Gasteiger partial charge in [-0.25, -0.2) is 14.4 Å². The Hall–Kier alpha value is -2.35. The van der Waals surface area contributed by atoms with Crippen LogP contribution >= 0.6 is 15.9 Å². The topological polar surface area (TPSA) is 90.9 Å². The van der Waals surface area contributed by atoms with Crippen LogP contribution in [0.2, 0.25) is 0 Å². The van der Waals surface area contributed by atoms with Gasteiger partial charge in [-0.2, -0.15) is 0 Å². The highest BCUT2D eigenvalue weighted by molar-refractivity contribution is 9.10. The standard InChI is InChI=1S/C15H16BrNO6/c1-8-9(16)5-6-10(13(8)15(20)23-4)17-11(14(19)22-3)7-12(18)21-2/h5-7,17H,1-4H3/b11-7+. The Morgan fingerprint density at radius 3 is 2.26 bits per heavy atom. The number of hydrogen-bond acceptors (Lipinski definition) is 7. The highest BCUT2D eigenvalue weighted by atomic mass is 79.9. The number of benzene rings is 1. The lowest BCUT2D eigenvalue weighted by atomic mass is 10.1. The zero-order valence-corrected chi connectivity index (χ0v) is 14.6. The third-order valence-electron chi connectivity index (χ3n) is 2.93. The molecule has 0 aliphatic rings. The minimum Gasteiger partial charge on any atom is -0.466 e. The number of nitrogens with one attached hydrogen (secondary N) is 1. The fourth-order valence-corrected chi connectivity index (χ4v) is 2.06. The van der Waals surface area contributed by atoms with Gasteiger partial charge in [0.05, 0.1) is 38.7 Å². The van der Waals surface area contributed by atoms with Gasteiger partial charge in [-0.3, -0.25) is 0 Å². The maximum absolute atomic E-state index is 12.0. The number of ether oxygens (including phenoxy) is 3. The molecular weight excluding hydrogens is 370 g/mol. The number of esters is 3. The minimum atomic E-state index is -0.785. The molecule has 0 spiro atoms. The number of methoxy groups -OCH3 is 3. The Morgan fingerprint density at radius 1 is 1.09 bits per heavy atom. The van der Waals surface area contributed by atoms with Gasteiger partial charge in [-0.1, -0.05) is 15.9 Å². The van der Waals surface area contributed by atoms with E-state index >= 15 is 0 Å². The van der Waals surface area contributed by atoms with Crippen molar-refractivity contribution >= 4 is 39.5 Å². The Balaban J connectivity index is 3.37. The number of anilines is 1. The summed E-state index contributed by atoms with van der Waals surface area (Å²) in [5.74, 6) is -2.12. The molecule has 0 aliphatic heterocycles. The Kier molecular flexibility index (Phi) is 6.77. The lowest BCUT2D eigenvalue weighted by molar-refractivity contribution is -0.138. The molecule has 0 aromatic heterocycles. The molecule has 0 bridgehead atoms. The molecule has 1 N–H and O–H groups in total. The van der Waals surface area contributed by atoms with E-state index in [1.54, 1.807) is 19.1 Å². The van der Waals surface area contributed by atoms with Gasteiger partial charge >= 0.3 is 17.9 Å². The van der Waals surface area contributed by atoms with Gasteiger partial charge in [0.2, 0.25) is 0 Å². The SMILES string of the molecule is COC(=O)/C=C(/Nc1ccc(Br)c(C)c1C(=O)OC)C(=O)OC. The average molecular weight is 386 g/mol. The van der Waals surface area contributed by atoms with Crippen LogP contribution in [0.25, 0.3) is 0 Å². The minimum absolute atomic E-state index is 0.175. The molecule has 0 saturated carbocycles. The molecule has 1 aromatic rings. The van der Waals surface area contributed by atoms with Crippen LogP contribution in [-0.4, -0.2) is 39.2 Å². The van der Waals surface area contributed by atoms with E-state index in [0.29, 0.717) is 10.0 Å². The molecule has 0 amide bonds. The third kappa shape index (κ3) is 4.56. The van der Waals surface area contributed by atoms with Gasteiger partial charge in [-0.05, 0) is 24.6 Å². The smallest absolute Gasteiger partial charge is 0.354 e. The number of halogens is 1. The number of rotatable bonds is 5. The molecule has 0 heterocycles. The van der Waals surface area contributed by atoms with E-state index in [0.717, 1.165) is 6.08 Å². The van der Waals surface area contributed by atoms with Crippen LogP contribution in [0.3, 0.4) is 0 Å².